The number of aliphatic imine (C=N–C) groups is 2. The van der Waals surface area contributed by atoms with Gasteiger partial charge in [0, 0.05) is 13.1 Å². The third-order valence-corrected chi connectivity index (χ3v) is 0.884. The molecule has 0 bridgehead atoms. The number of rotatable bonds is 0. The molecule has 3 heteroatoms. The van der Waals surface area contributed by atoms with Crippen LogP contribution in [0.25, 0.3) is 0 Å². The van der Waals surface area contributed by atoms with E-state index in [2.05, 4.69) is 9.98 Å². The normalized spacial score (nSPS) is 31.7. The van der Waals surface area contributed by atoms with Crippen molar-refractivity contribution in [2.75, 3.05) is 0 Å². The van der Waals surface area contributed by atoms with Gasteiger partial charge in [-0.05, 0) is 6.92 Å². The van der Waals surface area contributed by atoms with E-state index in [1.807, 2.05) is 0 Å². The van der Waals surface area contributed by atoms with Gasteiger partial charge in [0.25, 0.3) is 5.85 Å². The molecule has 1 N–H and O–H groups in total. The predicted molar refractivity (Wildman–Crippen MR) is 39.0 cm³/mol. The van der Waals surface area contributed by atoms with Crippen LogP contribution in [0.4, 0.5) is 0 Å². The first-order chi connectivity index (χ1) is 3.60. The van der Waals surface area contributed by atoms with Crippen LogP contribution in [0.1, 0.15) is 21.3 Å². The van der Waals surface area contributed by atoms with E-state index in [-0.39, 0.29) is 7.43 Å². The van der Waals surface area contributed by atoms with E-state index >= 15 is 0 Å². The van der Waals surface area contributed by atoms with Crippen molar-refractivity contribution in [2.45, 2.75) is 27.1 Å². The first-order valence-electron chi connectivity index (χ1n) is 2.44. The average molecular weight is 128 g/mol. The van der Waals surface area contributed by atoms with Crippen molar-refractivity contribution >= 4 is 11.9 Å². The summed E-state index contributed by atoms with van der Waals surface area (Å²) in [6, 6.07) is 0. The summed E-state index contributed by atoms with van der Waals surface area (Å²) in [7, 11) is 0. The molecule has 0 spiro atoms. The highest BCUT2D eigenvalue weighted by Gasteiger charge is 2.19. The van der Waals surface area contributed by atoms with Crippen LogP contribution in [0.2, 0.25) is 0 Å². The van der Waals surface area contributed by atoms with Crippen LogP contribution in [0.3, 0.4) is 0 Å². The summed E-state index contributed by atoms with van der Waals surface area (Å²) in [5.74, 6) is -1.18. The summed E-state index contributed by atoms with van der Waals surface area (Å²) in [4.78, 5) is 7.45. The maximum absolute atomic E-state index is 8.98. The Balaban J connectivity index is 0.000000640. The summed E-state index contributed by atoms with van der Waals surface area (Å²) in [6.07, 6.45) is 1.56. The van der Waals surface area contributed by atoms with E-state index in [1.54, 1.807) is 20.1 Å². The quantitative estimate of drug-likeness (QED) is 0.516. The Labute approximate surface area is 55.1 Å². The molecular formula is C6H12N2O. The Morgan fingerprint density at radius 1 is 1.67 bits per heavy atom. The van der Waals surface area contributed by atoms with E-state index in [4.69, 9.17) is 5.11 Å². The number of hydrogen-bond donors (Lipinski definition) is 1. The highest BCUT2D eigenvalue weighted by Crippen LogP contribution is 2.10. The molecule has 52 valence electrons. The van der Waals surface area contributed by atoms with Crippen molar-refractivity contribution in [1.29, 1.82) is 0 Å². The zero-order chi connectivity index (χ0) is 6.20. The highest BCUT2D eigenvalue weighted by atomic mass is 16.3. The van der Waals surface area contributed by atoms with Crippen LogP contribution in [0.15, 0.2) is 9.98 Å². The monoisotopic (exact) mass is 128 g/mol. The van der Waals surface area contributed by atoms with Crippen LogP contribution in [-0.4, -0.2) is 22.9 Å². The van der Waals surface area contributed by atoms with E-state index in [0.29, 0.717) is 0 Å². The first kappa shape index (κ1) is 8.30. The minimum absolute atomic E-state index is 0. The number of nitrogens with zero attached hydrogens (tertiary/aromatic N) is 2. The summed E-state index contributed by atoms with van der Waals surface area (Å²) in [6.45, 7) is 3.34. The summed E-state index contributed by atoms with van der Waals surface area (Å²) in [5, 5.41) is 8.98. The lowest BCUT2D eigenvalue weighted by Gasteiger charge is -2.05. The van der Waals surface area contributed by atoms with E-state index in [0.717, 1.165) is 5.71 Å². The Kier molecular flexibility index (Phi) is 2.09. The van der Waals surface area contributed by atoms with Gasteiger partial charge in [-0.2, -0.15) is 0 Å². The molecule has 1 heterocycles. The zero-order valence-corrected chi connectivity index (χ0v) is 4.92. The molecule has 0 saturated heterocycles. The van der Waals surface area contributed by atoms with Gasteiger partial charge in [-0.25, -0.2) is 9.98 Å². The zero-order valence-electron chi connectivity index (χ0n) is 4.92. The standard InChI is InChI=1S/C5H8N2O.CH4/c1-4-3-6-5(2,8)7-4;/h3,8H,1-2H3;1H4. The van der Waals surface area contributed by atoms with E-state index in [9.17, 15) is 0 Å². The Morgan fingerprint density at radius 3 is 2.33 bits per heavy atom. The third-order valence-electron chi connectivity index (χ3n) is 0.884. The van der Waals surface area contributed by atoms with Crippen LogP contribution in [-0.2, 0) is 0 Å². The van der Waals surface area contributed by atoms with Crippen LogP contribution < -0.4 is 0 Å². The highest BCUT2D eigenvalue weighted by molar-refractivity contribution is 6.30. The molecular weight excluding hydrogens is 116 g/mol. The van der Waals surface area contributed by atoms with Crippen molar-refractivity contribution in [2.24, 2.45) is 9.98 Å². The molecule has 0 aromatic rings. The second-order valence-corrected chi connectivity index (χ2v) is 1.98. The maximum atomic E-state index is 8.98. The van der Waals surface area contributed by atoms with Gasteiger partial charge in [0.2, 0.25) is 0 Å². The minimum atomic E-state index is -1.18. The Morgan fingerprint density at radius 2 is 2.22 bits per heavy atom. The van der Waals surface area contributed by atoms with Gasteiger partial charge in [-0.3, -0.25) is 0 Å². The van der Waals surface area contributed by atoms with E-state index in [1.165, 1.54) is 0 Å². The molecule has 0 saturated carbocycles. The molecule has 1 aliphatic heterocycles. The fourth-order valence-electron chi connectivity index (χ4n) is 0.608. The molecule has 1 unspecified atom stereocenters. The van der Waals surface area contributed by atoms with E-state index < -0.39 is 5.85 Å². The molecule has 1 aliphatic rings. The molecule has 0 radical (unpaired) electrons. The molecule has 9 heavy (non-hydrogen) atoms. The second kappa shape index (κ2) is 2.27. The fraction of sp³-hybridized carbons (Fsp3) is 0.667. The first-order valence-corrected chi connectivity index (χ1v) is 2.44. The van der Waals surface area contributed by atoms with Crippen LogP contribution >= 0.6 is 0 Å². The largest absolute Gasteiger partial charge is 0.352 e. The van der Waals surface area contributed by atoms with Crippen molar-refractivity contribution < 1.29 is 5.11 Å². The van der Waals surface area contributed by atoms with Crippen molar-refractivity contribution in [3.8, 4) is 0 Å². The minimum Gasteiger partial charge on any atom is -0.352 e. The predicted octanol–water partition coefficient (Wildman–Crippen LogP) is 0.834. The topological polar surface area (TPSA) is 45.0 Å². The Bertz CT molecular complexity index is 158. The lowest BCUT2D eigenvalue weighted by Crippen LogP contribution is -2.13. The van der Waals surface area contributed by atoms with Gasteiger partial charge in [0.1, 0.15) is 0 Å². The van der Waals surface area contributed by atoms with Gasteiger partial charge in [-0.1, -0.05) is 7.43 Å². The van der Waals surface area contributed by atoms with Crippen LogP contribution in [0.5, 0.6) is 0 Å². The molecule has 0 aromatic carbocycles. The number of aliphatic hydroxyl groups is 1. The lowest BCUT2D eigenvalue weighted by atomic mass is 10.5. The smallest absolute Gasteiger partial charge is 0.251 e. The van der Waals surface area contributed by atoms with Gasteiger partial charge in [-0.15, -0.1) is 0 Å². The lowest BCUT2D eigenvalue weighted by molar-refractivity contribution is 0.0840. The number of hydrogen-bond acceptors (Lipinski definition) is 3. The van der Waals surface area contributed by atoms with Gasteiger partial charge < -0.3 is 5.11 Å². The SMILES string of the molecule is C.CC1=NC(C)(O)N=C1. The summed E-state index contributed by atoms with van der Waals surface area (Å²) < 4.78 is 0. The summed E-state index contributed by atoms with van der Waals surface area (Å²) >= 11 is 0. The van der Waals surface area contributed by atoms with Crippen molar-refractivity contribution in [3.05, 3.63) is 0 Å². The summed E-state index contributed by atoms with van der Waals surface area (Å²) in [5.41, 5.74) is 0.773. The van der Waals surface area contributed by atoms with Crippen LogP contribution in [0, 0.1) is 0 Å². The molecule has 1 rings (SSSR count). The Hall–Kier alpha value is -0.700. The maximum Gasteiger partial charge on any atom is 0.251 e. The molecule has 0 aromatic heterocycles. The average Bonchev–Trinajstić information content (AvgIpc) is 1.82. The van der Waals surface area contributed by atoms with Crippen molar-refractivity contribution in [1.82, 2.24) is 0 Å². The molecule has 0 fully saturated rings. The molecule has 1 atom stereocenters. The molecule has 0 aliphatic carbocycles. The van der Waals surface area contributed by atoms with Gasteiger partial charge in [0.15, 0.2) is 0 Å². The fourth-order valence-corrected chi connectivity index (χ4v) is 0.608. The van der Waals surface area contributed by atoms with Crippen molar-refractivity contribution in [3.63, 3.8) is 0 Å². The molecule has 0 amide bonds. The third kappa shape index (κ3) is 1.93. The molecule has 3 nitrogen and oxygen atoms in total. The van der Waals surface area contributed by atoms with Gasteiger partial charge in [0.05, 0.1) is 5.71 Å². The second-order valence-electron chi connectivity index (χ2n) is 1.98. The van der Waals surface area contributed by atoms with Gasteiger partial charge >= 0.3 is 0 Å².